The summed E-state index contributed by atoms with van der Waals surface area (Å²) in [5.74, 6) is -0.449. The van der Waals surface area contributed by atoms with Crippen molar-refractivity contribution in [3.63, 3.8) is 0 Å². The zero-order chi connectivity index (χ0) is 18.0. The van der Waals surface area contributed by atoms with Gasteiger partial charge in [0.1, 0.15) is 6.10 Å². The number of rotatable bonds is 3. The highest BCUT2D eigenvalue weighted by Crippen LogP contribution is 2.37. The summed E-state index contributed by atoms with van der Waals surface area (Å²) in [5.41, 5.74) is 1.61. The minimum atomic E-state index is -0.823. The van der Waals surface area contributed by atoms with Crippen LogP contribution in [0, 0.1) is 11.8 Å². The van der Waals surface area contributed by atoms with E-state index in [-0.39, 0.29) is 18.4 Å². The number of aliphatic hydroxyl groups is 2. The van der Waals surface area contributed by atoms with Crippen molar-refractivity contribution in [2.75, 3.05) is 6.61 Å². The number of esters is 1. The lowest BCUT2D eigenvalue weighted by Gasteiger charge is -2.31. The van der Waals surface area contributed by atoms with Gasteiger partial charge in [-0.25, -0.2) is 4.79 Å². The lowest BCUT2D eigenvalue weighted by molar-refractivity contribution is -0.137. The summed E-state index contributed by atoms with van der Waals surface area (Å²) < 4.78 is 11.5. The molecule has 134 valence electrons. The smallest absolute Gasteiger partial charge is 0.334 e. The number of hydrogen-bond acceptors (Lipinski definition) is 5. The van der Waals surface area contributed by atoms with Gasteiger partial charge in [0.15, 0.2) is 0 Å². The first-order chi connectivity index (χ1) is 11.2. The quantitative estimate of drug-likeness (QED) is 0.469. The maximum absolute atomic E-state index is 12.0. The Morgan fingerprint density at radius 1 is 1.33 bits per heavy atom. The molecule has 1 saturated heterocycles. The second-order valence-corrected chi connectivity index (χ2v) is 7.23. The highest BCUT2D eigenvalue weighted by Gasteiger charge is 2.44. The number of ether oxygens (including phenoxy) is 2. The standard InChI is InChI=1S/C19H28O5/c1-10(2)9-23-16-6-11(3)14(20)8-15(21)12(4)7-17-18(16)13(5)19(22)24-17/h7,10,14-18,20-21H,3,5-6,8-9H2,1-2,4H3/b12-7+/t14-,15-,16+,17-,18-/m1/s1. The molecule has 0 unspecified atom stereocenters. The molecule has 24 heavy (non-hydrogen) atoms. The van der Waals surface area contributed by atoms with Crippen LogP contribution in [0.25, 0.3) is 0 Å². The second-order valence-electron chi connectivity index (χ2n) is 7.23. The van der Waals surface area contributed by atoms with Crippen LogP contribution in [0.3, 0.4) is 0 Å². The van der Waals surface area contributed by atoms with E-state index in [0.29, 0.717) is 35.7 Å². The maximum atomic E-state index is 12.0. The Balaban J connectivity index is 2.38. The Hall–Kier alpha value is -1.43. The van der Waals surface area contributed by atoms with Gasteiger partial charge in [-0.2, -0.15) is 0 Å². The summed E-state index contributed by atoms with van der Waals surface area (Å²) in [6, 6.07) is 0. The first-order valence-electron chi connectivity index (χ1n) is 8.44. The molecule has 0 saturated carbocycles. The predicted octanol–water partition coefficient (Wildman–Crippen LogP) is 2.14. The highest BCUT2D eigenvalue weighted by atomic mass is 16.6. The summed E-state index contributed by atoms with van der Waals surface area (Å²) in [4.78, 5) is 12.0. The summed E-state index contributed by atoms with van der Waals surface area (Å²) >= 11 is 0. The molecule has 5 nitrogen and oxygen atoms in total. The average Bonchev–Trinajstić information content (AvgIpc) is 2.77. The van der Waals surface area contributed by atoms with E-state index in [1.165, 1.54) is 0 Å². The Labute approximate surface area is 143 Å². The molecule has 1 aliphatic carbocycles. The molecule has 2 rings (SSSR count). The fourth-order valence-corrected chi connectivity index (χ4v) is 3.11. The van der Waals surface area contributed by atoms with Crippen LogP contribution in [-0.2, 0) is 14.3 Å². The maximum Gasteiger partial charge on any atom is 0.334 e. The zero-order valence-electron chi connectivity index (χ0n) is 14.7. The summed E-state index contributed by atoms with van der Waals surface area (Å²) in [5, 5.41) is 20.5. The van der Waals surface area contributed by atoms with E-state index in [4.69, 9.17) is 9.47 Å². The van der Waals surface area contributed by atoms with Gasteiger partial charge in [0.05, 0.1) is 24.2 Å². The Bertz CT molecular complexity index is 548. The van der Waals surface area contributed by atoms with E-state index in [0.717, 1.165) is 0 Å². The molecule has 2 N–H and O–H groups in total. The third-order valence-corrected chi connectivity index (χ3v) is 4.64. The van der Waals surface area contributed by atoms with Gasteiger partial charge in [0.2, 0.25) is 0 Å². The molecule has 0 aromatic heterocycles. The van der Waals surface area contributed by atoms with Crippen LogP contribution in [0.15, 0.2) is 36.0 Å². The molecule has 0 aromatic carbocycles. The van der Waals surface area contributed by atoms with Crippen molar-refractivity contribution in [3.8, 4) is 0 Å². The molecule has 0 amide bonds. The van der Waals surface area contributed by atoms with E-state index in [1.807, 2.05) is 13.8 Å². The molecule has 5 heteroatoms. The molecule has 1 fully saturated rings. The van der Waals surface area contributed by atoms with E-state index >= 15 is 0 Å². The predicted molar refractivity (Wildman–Crippen MR) is 91.2 cm³/mol. The molecule has 2 aliphatic rings. The summed E-state index contributed by atoms with van der Waals surface area (Å²) in [6.45, 7) is 14.2. The highest BCUT2D eigenvalue weighted by molar-refractivity contribution is 5.91. The van der Waals surface area contributed by atoms with E-state index in [9.17, 15) is 15.0 Å². The van der Waals surface area contributed by atoms with Gasteiger partial charge in [0, 0.05) is 18.6 Å². The fraction of sp³-hybridized carbons (Fsp3) is 0.632. The van der Waals surface area contributed by atoms with E-state index in [1.54, 1.807) is 13.0 Å². The SMILES string of the molecule is C=C1C(=O)O[C@@H]2/C=C(\C)[C@H](O)C[C@@H](O)C(=C)C[C@H](OCC(C)C)[C@@H]12. The summed E-state index contributed by atoms with van der Waals surface area (Å²) in [7, 11) is 0. The zero-order valence-corrected chi connectivity index (χ0v) is 14.7. The molecule has 0 radical (unpaired) electrons. The lowest BCUT2D eigenvalue weighted by Crippen LogP contribution is -2.35. The fourth-order valence-electron chi connectivity index (χ4n) is 3.11. The van der Waals surface area contributed by atoms with Crippen molar-refractivity contribution in [2.45, 2.75) is 58.0 Å². The molecule has 0 spiro atoms. The lowest BCUT2D eigenvalue weighted by atomic mass is 9.83. The number of carbonyl (C=O) groups excluding carboxylic acids is 1. The van der Waals surface area contributed by atoms with Crippen molar-refractivity contribution in [2.24, 2.45) is 11.8 Å². The second kappa shape index (κ2) is 7.64. The third kappa shape index (κ3) is 4.15. The van der Waals surface area contributed by atoms with Crippen LogP contribution in [0.5, 0.6) is 0 Å². The molecular weight excluding hydrogens is 308 g/mol. The van der Waals surface area contributed by atoms with E-state index in [2.05, 4.69) is 13.2 Å². The van der Waals surface area contributed by atoms with Crippen molar-refractivity contribution in [3.05, 3.63) is 36.0 Å². The monoisotopic (exact) mass is 336 g/mol. The Morgan fingerprint density at radius 2 is 2.00 bits per heavy atom. The number of carbonyl (C=O) groups is 1. The molecule has 1 aliphatic heterocycles. The first kappa shape index (κ1) is 18.9. The largest absolute Gasteiger partial charge is 0.454 e. The van der Waals surface area contributed by atoms with Crippen LogP contribution in [-0.4, -0.2) is 47.2 Å². The molecule has 1 heterocycles. The van der Waals surface area contributed by atoms with Crippen LogP contribution < -0.4 is 0 Å². The third-order valence-electron chi connectivity index (χ3n) is 4.64. The van der Waals surface area contributed by atoms with Gasteiger partial charge in [-0.1, -0.05) is 27.0 Å². The Kier molecular flexibility index (Phi) is 6.01. The average molecular weight is 336 g/mol. The Morgan fingerprint density at radius 3 is 2.62 bits per heavy atom. The van der Waals surface area contributed by atoms with Crippen LogP contribution >= 0.6 is 0 Å². The van der Waals surface area contributed by atoms with Crippen molar-refractivity contribution >= 4 is 5.97 Å². The number of hydrogen-bond donors (Lipinski definition) is 2. The van der Waals surface area contributed by atoms with Crippen LogP contribution in [0.2, 0.25) is 0 Å². The molecule has 0 bridgehead atoms. The molecule has 5 atom stereocenters. The van der Waals surface area contributed by atoms with Crippen molar-refractivity contribution in [1.29, 1.82) is 0 Å². The molecular formula is C19H28O5. The minimum absolute atomic E-state index is 0.171. The summed E-state index contributed by atoms with van der Waals surface area (Å²) in [6.07, 6.45) is -0.181. The van der Waals surface area contributed by atoms with Gasteiger partial charge in [-0.15, -0.1) is 0 Å². The first-order valence-corrected chi connectivity index (χ1v) is 8.44. The van der Waals surface area contributed by atoms with Gasteiger partial charge >= 0.3 is 5.97 Å². The van der Waals surface area contributed by atoms with Crippen LogP contribution in [0.1, 0.15) is 33.6 Å². The van der Waals surface area contributed by atoms with Gasteiger partial charge < -0.3 is 19.7 Å². The molecule has 0 aromatic rings. The number of fused-ring (bicyclic) bond motifs is 1. The van der Waals surface area contributed by atoms with Gasteiger partial charge in [0.25, 0.3) is 0 Å². The normalized spacial score (nSPS) is 37.0. The topological polar surface area (TPSA) is 76.0 Å². The van der Waals surface area contributed by atoms with Crippen molar-refractivity contribution < 1.29 is 24.5 Å². The van der Waals surface area contributed by atoms with Crippen molar-refractivity contribution in [1.82, 2.24) is 0 Å². The minimum Gasteiger partial charge on any atom is -0.454 e. The van der Waals surface area contributed by atoms with Gasteiger partial charge in [-0.05, 0) is 36.5 Å². The van der Waals surface area contributed by atoms with E-state index < -0.39 is 24.3 Å². The number of aliphatic hydroxyl groups excluding tert-OH is 2. The van der Waals surface area contributed by atoms with Gasteiger partial charge in [-0.3, -0.25) is 0 Å². The van der Waals surface area contributed by atoms with Crippen LogP contribution in [0.4, 0.5) is 0 Å².